The van der Waals surface area contributed by atoms with Gasteiger partial charge in [-0.2, -0.15) is 18.3 Å². The molecule has 1 aromatic carbocycles. The van der Waals surface area contributed by atoms with Crippen molar-refractivity contribution in [3.63, 3.8) is 0 Å². The zero-order chi connectivity index (χ0) is 18.6. The van der Waals surface area contributed by atoms with Crippen LogP contribution in [0.15, 0.2) is 36.7 Å². The van der Waals surface area contributed by atoms with Gasteiger partial charge in [0, 0.05) is 12.2 Å². The summed E-state index contributed by atoms with van der Waals surface area (Å²) in [6, 6.07) is 5.04. The van der Waals surface area contributed by atoms with Crippen molar-refractivity contribution in [2.75, 3.05) is 5.32 Å². The molecule has 5 nitrogen and oxygen atoms in total. The molecular weight excluding hydrogens is 345 g/mol. The van der Waals surface area contributed by atoms with Gasteiger partial charge < -0.3 is 10.6 Å². The van der Waals surface area contributed by atoms with Gasteiger partial charge in [0.05, 0.1) is 24.0 Å². The Bertz CT molecular complexity index is 751. The van der Waals surface area contributed by atoms with Crippen molar-refractivity contribution >= 4 is 11.7 Å². The molecule has 26 heavy (non-hydrogen) atoms. The number of rotatable bonds is 4. The second kappa shape index (κ2) is 7.80. The van der Waals surface area contributed by atoms with Gasteiger partial charge in [-0.3, -0.25) is 4.68 Å². The molecule has 2 amide bonds. The Hall–Kier alpha value is -2.51. The summed E-state index contributed by atoms with van der Waals surface area (Å²) in [4.78, 5) is 12.0. The van der Waals surface area contributed by atoms with Crippen molar-refractivity contribution in [1.82, 2.24) is 15.1 Å². The molecule has 1 aromatic heterocycles. The van der Waals surface area contributed by atoms with E-state index < -0.39 is 11.7 Å². The van der Waals surface area contributed by atoms with E-state index in [0.29, 0.717) is 11.3 Å². The zero-order valence-corrected chi connectivity index (χ0v) is 14.2. The van der Waals surface area contributed by atoms with Crippen LogP contribution in [0, 0.1) is 0 Å². The summed E-state index contributed by atoms with van der Waals surface area (Å²) >= 11 is 0. The second-order valence-electron chi connectivity index (χ2n) is 6.56. The maximum absolute atomic E-state index is 12.8. The summed E-state index contributed by atoms with van der Waals surface area (Å²) in [5, 5.41) is 9.75. The van der Waals surface area contributed by atoms with E-state index in [1.54, 1.807) is 12.3 Å². The van der Waals surface area contributed by atoms with Crippen molar-refractivity contribution < 1.29 is 18.0 Å². The topological polar surface area (TPSA) is 59.0 Å². The lowest BCUT2D eigenvalue weighted by Crippen LogP contribution is -2.38. The molecule has 1 aliphatic rings. The monoisotopic (exact) mass is 366 g/mol. The van der Waals surface area contributed by atoms with Crippen LogP contribution in [0.3, 0.4) is 0 Å². The Morgan fingerprint density at radius 2 is 2.00 bits per heavy atom. The van der Waals surface area contributed by atoms with Crippen LogP contribution >= 0.6 is 0 Å². The first kappa shape index (κ1) is 18.3. The molecule has 0 saturated heterocycles. The molecule has 0 spiro atoms. The molecule has 0 atom stereocenters. The van der Waals surface area contributed by atoms with Gasteiger partial charge in [0.2, 0.25) is 0 Å². The molecule has 2 aromatic rings. The predicted molar refractivity (Wildman–Crippen MR) is 91.8 cm³/mol. The minimum atomic E-state index is -4.37. The Morgan fingerprint density at radius 1 is 1.23 bits per heavy atom. The Labute approximate surface area is 149 Å². The summed E-state index contributed by atoms with van der Waals surface area (Å²) in [5.41, 5.74) is 0.304. The van der Waals surface area contributed by atoms with Gasteiger partial charge in [-0.15, -0.1) is 0 Å². The number of halogens is 3. The molecule has 0 unspecified atom stereocenters. The first-order valence-electron chi connectivity index (χ1n) is 8.66. The molecule has 1 aliphatic carbocycles. The molecule has 8 heteroatoms. The summed E-state index contributed by atoms with van der Waals surface area (Å²) in [7, 11) is 0. The van der Waals surface area contributed by atoms with Gasteiger partial charge in [0.1, 0.15) is 0 Å². The molecule has 0 radical (unpaired) electrons. The van der Waals surface area contributed by atoms with Crippen LogP contribution in [-0.2, 0) is 12.7 Å². The van der Waals surface area contributed by atoms with E-state index in [1.165, 1.54) is 23.4 Å². The highest BCUT2D eigenvalue weighted by atomic mass is 19.4. The van der Waals surface area contributed by atoms with Crippen molar-refractivity contribution in [3.05, 3.63) is 47.8 Å². The van der Waals surface area contributed by atoms with Crippen LogP contribution < -0.4 is 10.6 Å². The Morgan fingerprint density at radius 3 is 2.73 bits per heavy atom. The number of urea groups is 1. The number of hydrogen-bond acceptors (Lipinski definition) is 2. The fourth-order valence-electron chi connectivity index (χ4n) is 3.15. The zero-order valence-electron chi connectivity index (χ0n) is 14.2. The van der Waals surface area contributed by atoms with E-state index in [2.05, 4.69) is 15.7 Å². The Balaban J connectivity index is 1.57. The van der Waals surface area contributed by atoms with E-state index in [0.717, 1.165) is 37.8 Å². The van der Waals surface area contributed by atoms with Crippen molar-refractivity contribution in [1.29, 1.82) is 0 Å². The molecule has 3 rings (SSSR count). The number of amides is 2. The largest absolute Gasteiger partial charge is 0.416 e. The number of carbonyl (C=O) groups is 1. The SMILES string of the molecule is O=C(Nc1cnn(Cc2cccc(C(F)(F)F)c2)c1)NC1CCCCC1. The van der Waals surface area contributed by atoms with Gasteiger partial charge in [0.15, 0.2) is 0 Å². The maximum Gasteiger partial charge on any atom is 0.416 e. The number of hydrogen-bond donors (Lipinski definition) is 2. The van der Waals surface area contributed by atoms with Crippen LogP contribution in [-0.4, -0.2) is 21.9 Å². The lowest BCUT2D eigenvalue weighted by Gasteiger charge is -2.22. The van der Waals surface area contributed by atoms with Gasteiger partial charge in [-0.1, -0.05) is 31.4 Å². The quantitative estimate of drug-likeness (QED) is 0.842. The normalized spacial score (nSPS) is 15.7. The summed E-state index contributed by atoms with van der Waals surface area (Å²) in [6.07, 6.45) is 4.14. The van der Waals surface area contributed by atoms with E-state index >= 15 is 0 Å². The van der Waals surface area contributed by atoms with Crippen LogP contribution in [0.5, 0.6) is 0 Å². The highest BCUT2D eigenvalue weighted by Crippen LogP contribution is 2.29. The molecule has 140 valence electrons. The third-order valence-electron chi connectivity index (χ3n) is 4.43. The number of nitrogens with one attached hydrogen (secondary N) is 2. The second-order valence-corrected chi connectivity index (χ2v) is 6.56. The van der Waals surface area contributed by atoms with Crippen molar-refractivity contribution in [2.45, 2.75) is 50.9 Å². The minimum absolute atomic E-state index is 0.190. The van der Waals surface area contributed by atoms with E-state index in [4.69, 9.17) is 0 Å². The van der Waals surface area contributed by atoms with Crippen molar-refractivity contribution in [3.8, 4) is 0 Å². The maximum atomic E-state index is 12.8. The van der Waals surface area contributed by atoms with E-state index in [9.17, 15) is 18.0 Å². The van der Waals surface area contributed by atoms with Gasteiger partial charge in [-0.05, 0) is 30.5 Å². The Kier molecular flexibility index (Phi) is 5.49. The average Bonchev–Trinajstić information content (AvgIpc) is 3.02. The van der Waals surface area contributed by atoms with Crippen molar-refractivity contribution in [2.24, 2.45) is 0 Å². The summed E-state index contributed by atoms with van der Waals surface area (Å²) in [5.74, 6) is 0. The molecule has 2 N–H and O–H groups in total. The van der Waals surface area contributed by atoms with Gasteiger partial charge in [0.25, 0.3) is 0 Å². The standard InChI is InChI=1S/C18H21F3N4O/c19-18(20,21)14-6-4-5-13(9-14)11-25-12-16(10-22-25)24-17(26)23-15-7-2-1-3-8-15/h4-6,9-10,12,15H,1-3,7-8,11H2,(H2,23,24,26). The smallest absolute Gasteiger partial charge is 0.335 e. The molecule has 1 saturated carbocycles. The molecule has 0 aliphatic heterocycles. The minimum Gasteiger partial charge on any atom is -0.335 e. The first-order chi connectivity index (χ1) is 12.4. The predicted octanol–water partition coefficient (Wildman–Crippen LogP) is 4.40. The number of aromatic nitrogens is 2. The lowest BCUT2D eigenvalue weighted by molar-refractivity contribution is -0.137. The molecule has 1 heterocycles. The average molecular weight is 366 g/mol. The number of nitrogens with zero attached hydrogens (tertiary/aromatic N) is 2. The first-order valence-corrected chi connectivity index (χ1v) is 8.66. The third kappa shape index (κ3) is 5.00. The molecule has 1 fully saturated rings. The number of carbonyl (C=O) groups excluding carboxylic acids is 1. The van der Waals surface area contributed by atoms with Crippen LogP contribution in [0.4, 0.5) is 23.7 Å². The fraction of sp³-hybridized carbons (Fsp3) is 0.444. The molecular formula is C18H21F3N4O. The fourth-order valence-corrected chi connectivity index (χ4v) is 3.15. The molecule has 0 bridgehead atoms. The van der Waals surface area contributed by atoms with E-state index in [1.807, 2.05) is 0 Å². The van der Waals surface area contributed by atoms with Crippen LogP contribution in [0.2, 0.25) is 0 Å². The lowest BCUT2D eigenvalue weighted by atomic mass is 9.96. The highest BCUT2D eigenvalue weighted by molar-refractivity contribution is 5.89. The van der Waals surface area contributed by atoms with E-state index in [-0.39, 0.29) is 18.6 Å². The number of alkyl halides is 3. The third-order valence-corrected chi connectivity index (χ3v) is 4.43. The van der Waals surface area contributed by atoms with Crippen LogP contribution in [0.1, 0.15) is 43.2 Å². The summed E-state index contributed by atoms with van der Waals surface area (Å²) < 4.78 is 39.8. The number of anilines is 1. The summed E-state index contributed by atoms with van der Waals surface area (Å²) in [6.45, 7) is 0.190. The number of benzene rings is 1. The van der Waals surface area contributed by atoms with Crippen LogP contribution in [0.25, 0.3) is 0 Å². The highest BCUT2D eigenvalue weighted by Gasteiger charge is 2.30. The van der Waals surface area contributed by atoms with Gasteiger partial charge in [-0.25, -0.2) is 4.79 Å². The van der Waals surface area contributed by atoms with Gasteiger partial charge >= 0.3 is 12.2 Å².